The lowest BCUT2D eigenvalue weighted by Gasteiger charge is -2.14. The van der Waals surface area contributed by atoms with Gasteiger partial charge in [0.25, 0.3) is 5.89 Å². The molecule has 0 radical (unpaired) electrons. The quantitative estimate of drug-likeness (QED) is 0.502. The van der Waals surface area contributed by atoms with E-state index in [1.165, 1.54) is 4.88 Å². The summed E-state index contributed by atoms with van der Waals surface area (Å²) >= 11 is 1.62. The van der Waals surface area contributed by atoms with Crippen LogP contribution in [0.2, 0.25) is 0 Å². The molecule has 1 saturated heterocycles. The molecule has 0 saturated carbocycles. The lowest BCUT2D eigenvalue weighted by Crippen LogP contribution is -2.28. The van der Waals surface area contributed by atoms with Crippen LogP contribution in [0.5, 0.6) is 0 Å². The Kier molecular flexibility index (Phi) is 4.59. The molecule has 4 aromatic rings. The van der Waals surface area contributed by atoms with Gasteiger partial charge in [-0.2, -0.15) is 4.98 Å². The van der Waals surface area contributed by atoms with Crippen LogP contribution < -0.4 is 0 Å². The van der Waals surface area contributed by atoms with Crippen molar-refractivity contribution in [3.05, 3.63) is 35.2 Å². The second-order valence-corrected chi connectivity index (χ2v) is 8.48. The fraction of sp³-hybridized carbons (Fsp3) is 0.350. The molecule has 1 fully saturated rings. The monoisotopic (exact) mass is 408 g/mol. The van der Waals surface area contributed by atoms with Gasteiger partial charge in [0.15, 0.2) is 0 Å². The van der Waals surface area contributed by atoms with Crippen molar-refractivity contribution < 1.29 is 9.32 Å². The Morgan fingerprint density at radius 3 is 2.86 bits per heavy atom. The molecule has 0 N–H and O–H groups in total. The molecule has 0 atom stereocenters. The molecule has 1 aliphatic rings. The predicted molar refractivity (Wildman–Crippen MR) is 109 cm³/mol. The molecule has 1 amide bonds. The zero-order chi connectivity index (χ0) is 19.8. The number of amides is 1. The van der Waals surface area contributed by atoms with Gasteiger partial charge in [0.1, 0.15) is 5.52 Å². The second kappa shape index (κ2) is 7.40. The molecular weight excluding hydrogens is 388 g/mol. The summed E-state index contributed by atoms with van der Waals surface area (Å²) in [5, 5.41) is 12.6. The summed E-state index contributed by atoms with van der Waals surface area (Å²) in [5.74, 6) is 1.22. The van der Waals surface area contributed by atoms with Crippen molar-refractivity contribution in [2.75, 3.05) is 13.1 Å². The Hall–Kier alpha value is -3.07. The minimum Gasteiger partial charge on any atom is -0.343 e. The molecule has 5 rings (SSSR count). The van der Waals surface area contributed by atoms with Crippen molar-refractivity contribution in [1.29, 1.82) is 0 Å². The number of hydrogen-bond donors (Lipinski definition) is 0. The first kappa shape index (κ1) is 18.0. The normalized spacial score (nSPS) is 14.2. The van der Waals surface area contributed by atoms with Crippen molar-refractivity contribution in [3.63, 3.8) is 0 Å². The molecule has 148 valence electrons. The van der Waals surface area contributed by atoms with E-state index in [0.29, 0.717) is 24.7 Å². The fourth-order valence-electron chi connectivity index (χ4n) is 3.59. The van der Waals surface area contributed by atoms with E-state index in [-0.39, 0.29) is 5.91 Å². The van der Waals surface area contributed by atoms with Crippen LogP contribution in [-0.2, 0) is 11.3 Å². The Bertz CT molecular complexity index is 1170. The molecule has 0 unspecified atom stereocenters. The van der Waals surface area contributed by atoms with E-state index < -0.39 is 0 Å². The van der Waals surface area contributed by atoms with Gasteiger partial charge in [-0.1, -0.05) is 10.4 Å². The first-order valence-corrected chi connectivity index (χ1v) is 10.5. The maximum absolute atomic E-state index is 12.3. The molecular formula is C20H20N6O2S. The van der Waals surface area contributed by atoms with E-state index >= 15 is 0 Å². The van der Waals surface area contributed by atoms with Gasteiger partial charge >= 0.3 is 0 Å². The van der Waals surface area contributed by atoms with E-state index in [4.69, 9.17) is 4.52 Å². The lowest BCUT2D eigenvalue weighted by molar-refractivity contribution is -0.130. The smallest absolute Gasteiger partial charge is 0.268 e. The molecule has 0 spiro atoms. The van der Waals surface area contributed by atoms with Gasteiger partial charge in [-0.15, -0.1) is 16.4 Å². The van der Waals surface area contributed by atoms with E-state index in [9.17, 15) is 4.79 Å². The van der Waals surface area contributed by atoms with Crippen molar-refractivity contribution in [3.8, 4) is 22.2 Å². The Morgan fingerprint density at radius 2 is 2.07 bits per heavy atom. The molecule has 1 aliphatic heterocycles. The largest absolute Gasteiger partial charge is 0.343 e. The lowest BCUT2D eigenvalue weighted by atomic mass is 10.2. The summed E-state index contributed by atoms with van der Waals surface area (Å²) < 4.78 is 7.20. The van der Waals surface area contributed by atoms with Gasteiger partial charge in [0, 0.05) is 30.0 Å². The number of rotatable bonds is 5. The number of carbonyl (C=O) groups excluding carboxylic acids is 1. The number of aromatic nitrogens is 5. The summed E-state index contributed by atoms with van der Waals surface area (Å²) in [7, 11) is 0. The van der Waals surface area contributed by atoms with E-state index in [1.807, 2.05) is 42.2 Å². The molecule has 8 nitrogen and oxygen atoms in total. The van der Waals surface area contributed by atoms with E-state index in [1.54, 1.807) is 16.0 Å². The SMILES string of the molecule is Cc1ccc(-c2nc(-c3ccc4c(c3)nnn4CCC(=O)N3CCCC3)no2)s1. The summed E-state index contributed by atoms with van der Waals surface area (Å²) in [6.07, 6.45) is 2.64. The summed E-state index contributed by atoms with van der Waals surface area (Å²) in [5.41, 5.74) is 2.45. The summed E-state index contributed by atoms with van der Waals surface area (Å²) in [6.45, 7) is 4.31. The standard InChI is InChI=1S/C20H20N6O2S/c1-13-4-7-17(29-13)20-21-19(23-28-20)14-5-6-16-15(12-14)22-24-26(16)11-8-18(27)25-9-2-3-10-25/h4-7,12H,2-3,8-11H2,1H3. The molecule has 0 bridgehead atoms. The molecule has 9 heteroatoms. The highest BCUT2D eigenvalue weighted by Crippen LogP contribution is 2.29. The van der Waals surface area contributed by atoms with Crippen LogP contribution in [0.15, 0.2) is 34.9 Å². The number of hydrogen-bond acceptors (Lipinski definition) is 7. The molecule has 0 aliphatic carbocycles. The summed E-state index contributed by atoms with van der Waals surface area (Å²) in [4.78, 5) is 20.9. The number of benzene rings is 1. The van der Waals surface area contributed by atoms with Crippen LogP contribution in [0.1, 0.15) is 24.1 Å². The third kappa shape index (κ3) is 3.53. The third-order valence-electron chi connectivity index (χ3n) is 5.15. The van der Waals surface area contributed by atoms with Gasteiger partial charge in [0.2, 0.25) is 11.7 Å². The average molecular weight is 408 g/mol. The Balaban J connectivity index is 1.34. The van der Waals surface area contributed by atoms with Gasteiger partial charge in [-0.3, -0.25) is 4.79 Å². The first-order valence-electron chi connectivity index (χ1n) is 9.69. The van der Waals surface area contributed by atoms with Crippen molar-refractivity contribution in [1.82, 2.24) is 30.0 Å². The molecule has 1 aromatic carbocycles. The van der Waals surface area contributed by atoms with Crippen LogP contribution in [0.25, 0.3) is 33.2 Å². The first-order chi connectivity index (χ1) is 14.2. The molecule has 4 heterocycles. The number of aryl methyl sites for hydroxylation is 2. The van der Waals surface area contributed by atoms with Crippen LogP contribution >= 0.6 is 11.3 Å². The van der Waals surface area contributed by atoms with Crippen LogP contribution in [0, 0.1) is 6.92 Å². The highest BCUT2D eigenvalue weighted by atomic mass is 32.1. The maximum Gasteiger partial charge on any atom is 0.268 e. The number of likely N-dealkylation sites (tertiary alicyclic amines) is 1. The van der Waals surface area contributed by atoms with E-state index in [0.717, 1.165) is 47.4 Å². The van der Waals surface area contributed by atoms with Gasteiger partial charge in [-0.05, 0) is 50.1 Å². The minimum atomic E-state index is 0.186. The predicted octanol–water partition coefficient (Wildman–Crippen LogP) is 3.53. The number of carbonyl (C=O) groups is 1. The topological polar surface area (TPSA) is 89.9 Å². The van der Waals surface area contributed by atoms with Crippen molar-refractivity contribution in [2.24, 2.45) is 0 Å². The highest BCUT2D eigenvalue weighted by molar-refractivity contribution is 7.15. The average Bonchev–Trinajstić information content (AvgIpc) is 3.52. The maximum atomic E-state index is 12.3. The van der Waals surface area contributed by atoms with Crippen LogP contribution in [0.3, 0.4) is 0 Å². The molecule has 29 heavy (non-hydrogen) atoms. The van der Waals surface area contributed by atoms with Crippen molar-refractivity contribution in [2.45, 2.75) is 32.7 Å². The molecule has 3 aromatic heterocycles. The second-order valence-electron chi connectivity index (χ2n) is 7.19. The number of thiophene rings is 1. The van der Waals surface area contributed by atoms with Gasteiger partial charge in [-0.25, -0.2) is 4.68 Å². The summed E-state index contributed by atoms with van der Waals surface area (Å²) in [6, 6.07) is 9.78. The zero-order valence-corrected chi connectivity index (χ0v) is 16.9. The van der Waals surface area contributed by atoms with Crippen LogP contribution in [-0.4, -0.2) is 49.0 Å². The van der Waals surface area contributed by atoms with Gasteiger partial charge in [0.05, 0.1) is 16.9 Å². The van der Waals surface area contributed by atoms with Gasteiger partial charge < -0.3 is 9.42 Å². The zero-order valence-electron chi connectivity index (χ0n) is 16.0. The highest BCUT2D eigenvalue weighted by Gasteiger charge is 2.18. The van der Waals surface area contributed by atoms with E-state index in [2.05, 4.69) is 20.5 Å². The van der Waals surface area contributed by atoms with Crippen LogP contribution in [0.4, 0.5) is 0 Å². The number of fused-ring (bicyclic) bond motifs is 1. The fourth-order valence-corrected chi connectivity index (χ4v) is 4.38. The number of nitrogens with zero attached hydrogens (tertiary/aromatic N) is 6. The Morgan fingerprint density at radius 1 is 1.21 bits per heavy atom. The minimum absolute atomic E-state index is 0.186. The van der Waals surface area contributed by atoms with Crippen molar-refractivity contribution >= 4 is 28.3 Å². The Labute approximate surface area is 171 Å². The third-order valence-corrected chi connectivity index (χ3v) is 6.13.